The van der Waals surface area contributed by atoms with Gasteiger partial charge >= 0.3 is 0 Å². The van der Waals surface area contributed by atoms with E-state index in [0.29, 0.717) is 5.69 Å². The Bertz CT molecular complexity index is 966. The Balaban J connectivity index is 1.60. The van der Waals surface area contributed by atoms with Crippen LogP contribution in [0.3, 0.4) is 0 Å². The number of halogens is 2. The van der Waals surface area contributed by atoms with Crippen LogP contribution in [-0.4, -0.2) is 15.5 Å². The fraction of sp³-hybridized carbons (Fsp3) is 0.593. The third-order valence-corrected chi connectivity index (χ3v) is 7.15. The Labute approximate surface area is 201 Å². The molecule has 0 amide bonds. The molecule has 2 aromatic heterocycles. The highest BCUT2D eigenvalue weighted by molar-refractivity contribution is 7.17. The van der Waals surface area contributed by atoms with E-state index in [-0.39, 0.29) is 17.4 Å². The van der Waals surface area contributed by atoms with Crippen molar-refractivity contribution in [3.8, 4) is 17.0 Å². The number of aryl methyl sites for hydroxylation is 1. The van der Waals surface area contributed by atoms with Gasteiger partial charge < -0.3 is 4.74 Å². The van der Waals surface area contributed by atoms with Gasteiger partial charge in [-0.3, -0.25) is 4.40 Å². The second-order valence-electron chi connectivity index (χ2n) is 9.05. The van der Waals surface area contributed by atoms with Crippen LogP contribution in [0.25, 0.3) is 16.2 Å². The van der Waals surface area contributed by atoms with Gasteiger partial charge in [0.05, 0.1) is 11.8 Å². The molecule has 0 saturated heterocycles. The summed E-state index contributed by atoms with van der Waals surface area (Å²) in [6.07, 6.45) is 17.7. The zero-order valence-corrected chi connectivity index (χ0v) is 21.2. The summed E-state index contributed by atoms with van der Waals surface area (Å²) in [6, 6.07) is 3.09. The summed E-state index contributed by atoms with van der Waals surface area (Å²) in [5, 5.41) is 0. The molecule has 0 aliphatic rings. The standard InChI is InChI=1S/C27H38F2N2OS/c1-4-6-8-10-11-13-15-21-18-31-19-23(30-27(31)33-21)22-16-17-24(26(29)25(22)28)32-20(3)14-12-9-7-5-2/h16-20H,4-15H2,1-3H3. The number of aromatic nitrogens is 2. The highest BCUT2D eigenvalue weighted by Gasteiger charge is 2.19. The molecule has 0 fully saturated rings. The van der Waals surface area contributed by atoms with Crippen LogP contribution in [0.2, 0.25) is 0 Å². The lowest BCUT2D eigenvalue weighted by Gasteiger charge is -2.16. The number of rotatable bonds is 15. The molecule has 1 aromatic carbocycles. The van der Waals surface area contributed by atoms with Crippen molar-refractivity contribution in [2.24, 2.45) is 0 Å². The zero-order chi connectivity index (χ0) is 23.6. The molecule has 0 N–H and O–H groups in total. The second-order valence-corrected chi connectivity index (χ2v) is 10.1. The Kier molecular flexibility index (Phi) is 10.2. The number of unbranched alkanes of at least 4 members (excludes halogenated alkanes) is 8. The SMILES string of the molecule is CCCCCCCCc1cn2cc(-c3ccc(OC(C)CCCCCC)c(F)c3F)nc2s1. The van der Waals surface area contributed by atoms with E-state index in [1.807, 2.05) is 11.3 Å². The van der Waals surface area contributed by atoms with Crippen molar-refractivity contribution >= 4 is 16.3 Å². The van der Waals surface area contributed by atoms with Gasteiger partial charge in [-0.25, -0.2) is 9.37 Å². The molecule has 182 valence electrons. The minimum absolute atomic E-state index is 0.0264. The number of benzene rings is 1. The number of thiazole rings is 1. The molecule has 6 heteroatoms. The molecule has 0 aliphatic carbocycles. The van der Waals surface area contributed by atoms with Gasteiger partial charge in [-0.15, -0.1) is 11.3 Å². The summed E-state index contributed by atoms with van der Waals surface area (Å²) in [5.41, 5.74) is 0.617. The Hall–Kier alpha value is -1.95. The molecule has 33 heavy (non-hydrogen) atoms. The molecule has 3 rings (SSSR count). The molecule has 0 aliphatic heterocycles. The van der Waals surface area contributed by atoms with Gasteiger partial charge in [0.1, 0.15) is 0 Å². The molecule has 0 saturated carbocycles. The molecule has 0 spiro atoms. The first-order valence-corrected chi connectivity index (χ1v) is 13.5. The second kappa shape index (κ2) is 13.1. The summed E-state index contributed by atoms with van der Waals surface area (Å²) in [6.45, 7) is 6.30. The van der Waals surface area contributed by atoms with Crippen LogP contribution in [0, 0.1) is 11.6 Å². The van der Waals surface area contributed by atoms with Gasteiger partial charge in [-0.05, 0) is 44.7 Å². The number of fused-ring (bicyclic) bond motifs is 1. The van der Waals surface area contributed by atoms with Gasteiger partial charge in [0.25, 0.3) is 0 Å². The van der Waals surface area contributed by atoms with E-state index in [2.05, 4.69) is 25.0 Å². The maximum Gasteiger partial charge on any atom is 0.201 e. The van der Waals surface area contributed by atoms with Crippen molar-refractivity contribution in [3.05, 3.63) is 41.0 Å². The van der Waals surface area contributed by atoms with Gasteiger partial charge in [0.2, 0.25) is 5.82 Å². The lowest BCUT2D eigenvalue weighted by atomic mass is 10.1. The van der Waals surface area contributed by atoms with Crippen LogP contribution >= 0.6 is 11.3 Å². The molecule has 3 nitrogen and oxygen atoms in total. The van der Waals surface area contributed by atoms with E-state index in [1.165, 1.54) is 62.3 Å². The van der Waals surface area contributed by atoms with Crippen LogP contribution < -0.4 is 4.74 Å². The third-order valence-electron chi connectivity index (χ3n) is 6.10. The maximum atomic E-state index is 14.9. The average molecular weight is 477 g/mol. The van der Waals surface area contributed by atoms with E-state index in [0.717, 1.165) is 30.6 Å². The molecular weight excluding hydrogens is 438 g/mol. The van der Waals surface area contributed by atoms with Gasteiger partial charge in [-0.1, -0.05) is 65.2 Å². The monoisotopic (exact) mass is 476 g/mol. The van der Waals surface area contributed by atoms with Gasteiger partial charge in [0.15, 0.2) is 16.5 Å². The topological polar surface area (TPSA) is 26.5 Å². The van der Waals surface area contributed by atoms with E-state index in [1.54, 1.807) is 23.6 Å². The van der Waals surface area contributed by atoms with E-state index >= 15 is 0 Å². The van der Waals surface area contributed by atoms with Crippen LogP contribution in [-0.2, 0) is 6.42 Å². The zero-order valence-electron chi connectivity index (χ0n) is 20.3. The maximum absolute atomic E-state index is 14.9. The molecule has 0 bridgehead atoms. The number of nitrogens with zero attached hydrogens (tertiary/aromatic N) is 2. The Morgan fingerprint density at radius 1 is 0.909 bits per heavy atom. The summed E-state index contributed by atoms with van der Waals surface area (Å²) in [7, 11) is 0. The average Bonchev–Trinajstić information content (AvgIpc) is 3.36. The van der Waals surface area contributed by atoms with Gasteiger partial charge in [0, 0.05) is 22.8 Å². The van der Waals surface area contributed by atoms with E-state index in [4.69, 9.17) is 4.74 Å². The van der Waals surface area contributed by atoms with Crippen LogP contribution in [0.15, 0.2) is 24.5 Å². The van der Waals surface area contributed by atoms with Crippen molar-refractivity contribution in [2.45, 2.75) is 104 Å². The molecule has 3 aromatic rings. The minimum atomic E-state index is -0.937. The lowest BCUT2D eigenvalue weighted by molar-refractivity contribution is 0.195. The van der Waals surface area contributed by atoms with Crippen molar-refractivity contribution in [2.75, 3.05) is 0 Å². The molecular formula is C27H38F2N2OS. The predicted molar refractivity (Wildman–Crippen MR) is 134 cm³/mol. The number of imidazole rings is 1. The van der Waals surface area contributed by atoms with Gasteiger partial charge in [-0.2, -0.15) is 4.39 Å². The summed E-state index contributed by atoms with van der Waals surface area (Å²) in [5.74, 6) is -1.86. The first kappa shape index (κ1) is 25.7. The molecule has 2 heterocycles. The van der Waals surface area contributed by atoms with Crippen molar-refractivity contribution in [1.82, 2.24) is 9.38 Å². The lowest BCUT2D eigenvalue weighted by Crippen LogP contribution is -2.13. The van der Waals surface area contributed by atoms with Crippen LogP contribution in [0.4, 0.5) is 8.78 Å². The number of hydrogen-bond donors (Lipinski definition) is 0. The highest BCUT2D eigenvalue weighted by Crippen LogP contribution is 2.32. The third kappa shape index (κ3) is 7.26. The van der Waals surface area contributed by atoms with Crippen molar-refractivity contribution in [3.63, 3.8) is 0 Å². The minimum Gasteiger partial charge on any atom is -0.488 e. The summed E-state index contributed by atoms with van der Waals surface area (Å²) in [4.78, 5) is 6.65. The first-order chi connectivity index (χ1) is 16.0. The van der Waals surface area contributed by atoms with Crippen LogP contribution in [0.5, 0.6) is 5.75 Å². The fourth-order valence-electron chi connectivity index (χ4n) is 4.12. The largest absolute Gasteiger partial charge is 0.488 e. The quantitative estimate of drug-likeness (QED) is 0.205. The van der Waals surface area contributed by atoms with Crippen LogP contribution in [0.1, 0.15) is 96.3 Å². The highest BCUT2D eigenvalue weighted by atomic mass is 32.1. The predicted octanol–water partition coefficient (Wildman–Crippen LogP) is 8.98. The molecule has 1 unspecified atom stereocenters. The molecule has 1 atom stereocenters. The first-order valence-electron chi connectivity index (χ1n) is 12.7. The van der Waals surface area contributed by atoms with E-state index in [9.17, 15) is 8.78 Å². The Morgan fingerprint density at radius 2 is 1.61 bits per heavy atom. The van der Waals surface area contributed by atoms with Crippen molar-refractivity contribution in [1.29, 1.82) is 0 Å². The Morgan fingerprint density at radius 3 is 2.33 bits per heavy atom. The normalized spacial score (nSPS) is 12.5. The number of hydrogen-bond acceptors (Lipinski definition) is 3. The van der Waals surface area contributed by atoms with E-state index < -0.39 is 11.6 Å². The smallest absolute Gasteiger partial charge is 0.201 e. The molecule has 0 radical (unpaired) electrons. The summed E-state index contributed by atoms with van der Waals surface area (Å²) < 4.78 is 37.2. The fourth-order valence-corrected chi connectivity index (χ4v) is 5.13. The summed E-state index contributed by atoms with van der Waals surface area (Å²) >= 11 is 1.62. The van der Waals surface area contributed by atoms with Crippen molar-refractivity contribution < 1.29 is 13.5 Å². The number of ether oxygens (including phenoxy) is 1.